The molecule has 3 aliphatic rings. The minimum absolute atomic E-state index is 0.00519. The van der Waals surface area contributed by atoms with Crippen LogP contribution in [0, 0.1) is 5.92 Å². The SMILES string of the molecule is CCCCN(CCCCN)C(=O)CN1CC(c2ccc3c(c2)OCO3)C(C(=O)O)C1CCN1Cc2ccccc2C1=O. The fourth-order valence-corrected chi connectivity index (χ4v) is 6.55. The van der Waals surface area contributed by atoms with Gasteiger partial charge < -0.3 is 30.1 Å². The molecule has 0 bridgehead atoms. The normalized spacial score (nSPS) is 21.1. The number of carboxylic acids is 1. The number of likely N-dealkylation sites (tertiary alicyclic amines) is 1. The highest BCUT2D eigenvalue weighted by atomic mass is 16.7. The molecule has 0 aromatic heterocycles. The molecule has 10 heteroatoms. The second-order valence-corrected chi connectivity index (χ2v) is 11.5. The lowest BCUT2D eigenvalue weighted by atomic mass is 9.84. The van der Waals surface area contributed by atoms with Gasteiger partial charge in [0.05, 0.1) is 12.5 Å². The molecule has 1 saturated heterocycles. The number of carbonyl (C=O) groups is 3. The van der Waals surface area contributed by atoms with Crippen LogP contribution in [0.4, 0.5) is 0 Å². The van der Waals surface area contributed by atoms with E-state index in [0.717, 1.165) is 36.8 Å². The predicted molar refractivity (Wildman–Crippen MR) is 157 cm³/mol. The van der Waals surface area contributed by atoms with Gasteiger partial charge in [-0.15, -0.1) is 0 Å². The Labute approximate surface area is 247 Å². The van der Waals surface area contributed by atoms with Crippen LogP contribution in [-0.2, 0) is 16.1 Å². The molecule has 0 aliphatic carbocycles. The predicted octanol–water partition coefficient (Wildman–Crippen LogP) is 3.30. The molecule has 0 saturated carbocycles. The van der Waals surface area contributed by atoms with Crippen molar-refractivity contribution in [1.82, 2.24) is 14.7 Å². The van der Waals surface area contributed by atoms with Gasteiger partial charge in [-0.2, -0.15) is 0 Å². The van der Waals surface area contributed by atoms with Crippen LogP contribution in [0.25, 0.3) is 0 Å². The smallest absolute Gasteiger partial charge is 0.308 e. The summed E-state index contributed by atoms with van der Waals surface area (Å²) < 4.78 is 11.1. The standard InChI is InChI=1S/C32H42N4O6/c1-2-3-14-34(15-7-6-13-33)29(37)20-36-19-25(22-10-11-27-28(17-22)42-21-41-27)30(32(39)40)26(36)12-16-35-18-23-8-4-5-9-24(23)31(35)38/h4-5,8-11,17,25-26,30H,2-3,6-7,12-16,18-21,33H2,1H3,(H,39,40). The summed E-state index contributed by atoms with van der Waals surface area (Å²) in [5.41, 5.74) is 8.24. The van der Waals surface area contributed by atoms with E-state index in [1.54, 1.807) is 4.90 Å². The first-order valence-electron chi connectivity index (χ1n) is 15.1. The average molecular weight is 579 g/mol. The Morgan fingerprint density at radius 3 is 2.62 bits per heavy atom. The number of aliphatic carboxylic acids is 1. The van der Waals surface area contributed by atoms with Gasteiger partial charge in [-0.1, -0.05) is 37.6 Å². The van der Waals surface area contributed by atoms with Gasteiger partial charge in [-0.3, -0.25) is 19.3 Å². The Morgan fingerprint density at radius 1 is 1.07 bits per heavy atom. The minimum atomic E-state index is -0.903. The van der Waals surface area contributed by atoms with Crippen molar-refractivity contribution < 1.29 is 29.0 Å². The second kappa shape index (κ2) is 13.6. The monoisotopic (exact) mass is 578 g/mol. The zero-order valence-electron chi connectivity index (χ0n) is 24.4. The van der Waals surface area contributed by atoms with Crippen molar-refractivity contribution in [3.63, 3.8) is 0 Å². The minimum Gasteiger partial charge on any atom is -0.481 e. The van der Waals surface area contributed by atoms with E-state index in [9.17, 15) is 19.5 Å². The van der Waals surface area contributed by atoms with Crippen molar-refractivity contribution in [3.05, 3.63) is 59.2 Å². The Morgan fingerprint density at radius 2 is 1.86 bits per heavy atom. The number of ether oxygens (including phenoxy) is 2. The van der Waals surface area contributed by atoms with Crippen LogP contribution in [0.5, 0.6) is 11.5 Å². The van der Waals surface area contributed by atoms with Crippen LogP contribution in [0.1, 0.15) is 66.4 Å². The number of nitrogens with zero attached hydrogens (tertiary/aromatic N) is 3. The third-order valence-corrected chi connectivity index (χ3v) is 8.80. The highest BCUT2D eigenvalue weighted by molar-refractivity contribution is 5.98. The molecule has 42 heavy (non-hydrogen) atoms. The molecule has 2 aromatic rings. The molecule has 1 fully saturated rings. The fourth-order valence-electron chi connectivity index (χ4n) is 6.55. The highest BCUT2D eigenvalue weighted by Crippen LogP contribution is 2.43. The number of unbranched alkanes of at least 4 members (excludes halogenated alkanes) is 2. The van der Waals surface area contributed by atoms with Crippen LogP contribution in [-0.4, -0.2) is 89.7 Å². The maximum absolute atomic E-state index is 13.7. The number of carbonyl (C=O) groups excluding carboxylic acids is 2. The molecule has 226 valence electrons. The summed E-state index contributed by atoms with van der Waals surface area (Å²) in [7, 11) is 0. The first-order chi connectivity index (χ1) is 20.4. The van der Waals surface area contributed by atoms with Crippen LogP contribution in [0.3, 0.4) is 0 Å². The van der Waals surface area contributed by atoms with E-state index in [0.29, 0.717) is 62.8 Å². The van der Waals surface area contributed by atoms with E-state index >= 15 is 0 Å². The molecule has 2 aromatic carbocycles. The van der Waals surface area contributed by atoms with E-state index in [4.69, 9.17) is 15.2 Å². The van der Waals surface area contributed by atoms with E-state index in [1.165, 1.54) is 0 Å². The summed E-state index contributed by atoms with van der Waals surface area (Å²) in [6, 6.07) is 12.7. The van der Waals surface area contributed by atoms with Crippen molar-refractivity contribution in [2.24, 2.45) is 11.7 Å². The topological polar surface area (TPSA) is 126 Å². The number of hydrogen-bond donors (Lipinski definition) is 2. The number of fused-ring (bicyclic) bond motifs is 2. The van der Waals surface area contributed by atoms with E-state index in [1.807, 2.05) is 52.3 Å². The zero-order chi connectivity index (χ0) is 29.6. The van der Waals surface area contributed by atoms with Crippen molar-refractivity contribution in [1.29, 1.82) is 0 Å². The summed E-state index contributed by atoms with van der Waals surface area (Å²) in [6.07, 6.45) is 4.03. The molecule has 3 N–H and O–H groups in total. The van der Waals surface area contributed by atoms with Crippen molar-refractivity contribution in [2.45, 2.75) is 57.5 Å². The Hall–Kier alpha value is -3.63. The van der Waals surface area contributed by atoms with Gasteiger partial charge in [0.15, 0.2) is 11.5 Å². The summed E-state index contributed by atoms with van der Waals surface area (Å²) in [4.78, 5) is 45.4. The summed E-state index contributed by atoms with van der Waals surface area (Å²) in [5.74, 6) is -0.777. The molecule has 3 heterocycles. The zero-order valence-corrected chi connectivity index (χ0v) is 24.4. The van der Waals surface area contributed by atoms with Gasteiger partial charge >= 0.3 is 5.97 Å². The summed E-state index contributed by atoms with van der Waals surface area (Å²) >= 11 is 0. The molecular formula is C32H42N4O6. The van der Waals surface area contributed by atoms with E-state index < -0.39 is 17.9 Å². The molecule has 2 amide bonds. The fraction of sp³-hybridized carbons (Fsp3) is 0.531. The van der Waals surface area contributed by atoms with Crippen LogP contribution in [0.15, 0.2) is 42.5 Å². The maximum atomic E-state index is 13.7. The molecule has 0 radical (unpaired) electrons. The largest absolute Gasteiger partial charge is 0.481 e. The van der Waals surface area contributed by atoms with Gasteiger partial charge in [-0.25, -0.2) is 0 Å². The average Bonchev–Trinajstić information content (AvgIpc) is 3.69. The quantitative estimate of drug-likeness (QED) is 0.327. The number of nitrogens with two attached hydrogens (primary N) is 1. The lowest BCUT2D eigenvalue weighted by Crippen LogP contribution is -2.45. The van der Waals surface area contributed by atoms with Gasteiger partial charge in [-0.05, 0) is 61.6 Å². The molecule has 3 unspecified atom stereocenters. The Bertz CT molecular complexity index is 1290. The lowest BCUT2D eigenvalue weighted by Gasteiger charge is -2.31. The van der Waals surface area contributed by atoms with Gasteiger partial charge in [0, 0.05) is 50.2 Å². The second-order valence-electron chi connectivity index (χ2n) is 11.5. The Kier molecular flexibility index (Phi) is 9.64. The number of rotatable bonds is 14. The summed E-state index contributed by atoms with van der Waals surface area (Å²) in [5, 5.41) is 10.5. The number of carboxylic acid groups (broad SMARTS) is 1. The van der Waals surface area contributed by atoms with Gasteiger partial charge in [0.1, 0.15) is 0 Å². The third-order valence-electron chi connectivity index (χ3n) is 8.80. The lowest BCUT2D eigenvalue weighted by molar-refractivity contribution is -0.144. The maximum Gasteiger partial charge on any atom is 0.308 e. The highest BCUT2D eigenvalue weighted by Gasteiger charge is 2.47. The van der Waals surface area contributed by atoms with E-state index in [2.05, 4.69) is 6.92 Å². The number of hydrogen-bond acceptors (Lipinski definition) is 7. The van der Waals surface area contributed by atoms with Gasteiger partial charge in [0.2, 0.25) is 12.7 Å². The van der Waals surface area contributed by atoms with Gasteiger partial charge in [0.25, 0.3) is 5.91 Å². The molecule has 10 nitrogen and oxygen atoms in total. The molecule has 3 aliphatic heterocycles. The van der Waals surface area contributed by atoms with Crippen molar-refractivity contribution in [3.8, 4) is 11.5 Å². The van der Waals surface area contributed by atoms with Crippen molar-refractivity contribution >= 4 is 17.8 Å². The summed E-state index contributed by atoms with van der Waals surface area (Å²) in [6.45, 7) is 5.62. The van der Waals surface area contributed by atoms with E-state index in [-0.39, 0.29) is 31.1 Å². The third kappa shape index (κ3) is 6.39. The number of amides is 2. The molecule has 0 spiro atoms. The van der Waals surface area contributed by atoms with Crippen molar-refractivity contribution in [2.75, 3.05) is 46.1 Å². The first-order valence-corrected chi connectivity index (χ1v) is 15.1. The molecule has 5 rings (SSSR count). The Balaban J connectivity index is 1.38. The van der Waals surface area contributed by atoms with Crippen LogP contribution in [0.2, 0.25) is 0 Å². The number of benzene rings is 2. The first kappa shape index (κ1) is 29.8. The van der Waals surface area contributed by atoms with Crippen LogP contribution >= 0.6 is 0 Å². The van der Waals surface area contributed by atoms with Crippen LogP contribution < -0.4 is 15.2 Å². The molecule has 3 atom stereocenters. The molecular weight excluding hydrogens is 536 g/mol.